The zero-order valence-electron chi connectivity index (χ0n) is 20.2. The van der Waals surface area contributed by atoms with Crippen LogP contribution in [0.5, 0.6) is 11.5 Å². The number of nitrogens with zero attached hydrogens (tertiary/aromatic N) is 2. The van der Waals surface area contributed by atoms with Gasteiger partial charge in [0.2, 0.25) is 15.9 Å². The molecule has 1 N–H and O–H groups in total. The van der Waals surface area contributed by atoms with Gasteiger partial charge in [0.05, 0.1) is 13.2 Å². The molecule has 0 bridgehead atoms. The number of rotatable bonds is 11. The van der Waals surface area contributed by atoms with Crippen molar-refractivity contribution in [1.82, 2.24) is 9.21 Å². The summed E-state index contributed by atoms with van der Waals surface area (Å²) in [7, 11) is -1.87. The Morgan fingerprint density at radius 1 is 1.06 bits per heavy atom. The molecule has 2 aromatic carbocycles. The van der Waals surface area contributed by atoms with Gasteiger partial charge >= 0.3 is 0 Å². The first-order valence-corrected chi connectivity index (χ1v) is 13.2. The number of hydrogen-bond donors (Lipinski definition) is 1. The van der Waals surface area contributed by atoms with E-state index >= 15 is 0 Å². The van der Waals surface area contributed by atoms with E-state index < -0.39 is 10.0 Å². The van der Waals surface area contributed by atoms with Gasteiger partial charge < -0.3 is 14.8 Å². The molecular weight excluding hydrogens is 454 g/mol. The van der Waals surface area contributed by atoms with E-state index in [0.717, 1.165) is 25.0 Å². The summed E-state index contributed by atoms with van der Waals surface area (Å²) in [5.74, 6) is 0.861. The van der Waals surface area contributed by atoms with Gasteiger partial charge in [-0.3, -0.25) is 9.69 Å². The van der Waals surface area contributed by atoms with Crippen molar-refractivity contribution < 1.29 is 22.7 Å². The maximum Gasteiger partial charge on any atom is 0.246 e. The average Bonchev–Trinajstić information content (AvgIpc) is 2.82. The second-order valence-electron chi connectivity index (χ2n) is 8.51. The van der Waals surface area contributed by atoms with Crippen LogP contribution < -0.4 is 14.8 Å². The molecule has 186 valence electrons. The van der Waals surface area contributed by atoms with Crippen molar-refractivity contribution in [3.63, 3.8) is 0 Å². The quantitative estimate of drug-likeness (QED) is 0.520. The SMILES string of the molecule is CCOc1ccc(NC(=O)CN(C)CCOc2ccc(C)cc2)cc1S(=O)(=O)N1CCCCC1. The lowest BCUT2D eigenvalue weighted by atomic mass is 10.2. The van der Waals surface area contributed by atoms with Crippen molar-refractivity contribution in [3.05, 3.63) is 48.0 Å². The molecule has 0 saturated carbocycles. The van der Waals surface area contributed by atoms with Crippen LogP contribution in [-0.4, -0.2) is 70.0 Å². The highest BCUT2D eigenvalue weighted by molar-refractivity contribution is 7.89. The summed E-state index contributed by atoms with van der Waals surface area (Å²) >= 11 is 0. The fourth-order valence-corrected chi connectivity index (χ4v) is 5.46. The van der Waals surface area contributed by atoms with Gasteiger partial charge in [0, 0.05) is 25.3 Å². The molecule has 1 aliphatic rings. The number of piperidine rings is 1. The van der Waals surface area contributed by atoms with Crippen molar-refractivity contribution in [2.45, 2.75) is 38.0 Å². The van der Waals surface area contributed by atoms with Crippen LogP contribution in [0, 0.1) is 6.92 Å². The van der Waals surface area contributed by atoms with E-state index in [1.807, 2.05) is 50.1 Å². The van der Waals surface area contributed by atoms with Crippen LogP contribution in [0.25, 0.3) is 0 Å². The fraction of sp³-hybridized carbons (Fsp3) is 0.480. The molecule has 1 saturated heterocycles. The molecule has 2 aromatic rings. The first kappa shape index (κ1) is 26.0. The van der Waals surface area contributed by atoms with Crippen molar-refractivity contribution in [1.29, 1.82) is 0 Å². The highest BCUT2D eigenvalue weighted by Gasteiger charge is 2.29. The lowest BCUT2D eigenvalue weighted by Crippen LogP contribution is -2.36. The van der Waals surface area contributed by atoms with E-state index in [1.165, 1.54) is 15.9 Å². The number of benzene rings is 2. The van der Waals surface area contributed by atoms with Gasteiger partial charge in [-0.1, -0.05) is 24.1 Å². The number of carbonyl (C=O) groups is 1. The molecule has 0 radical (unpaired) electrons. The monoisotopic (exact) mass is 489 g/mol. The molecule has 0 spiro atoms. The normalized spacial score (nSPS) is 14.7. The number of sulfonamides is 1. The highest BCUT2D eigenvalue weighted by atomic mass is 32.2. The standard InChI is InChI=1S/C25H35N3O5S/c1-4-32-23-13-10-21(18-24(23)34(30,31)28-14-6-5-7-15-28)26-25(29)19-27(3)16-17-33-22-11-8-20(2)9-12-22/h8-13,18H,4-7,14-17,19H2,1-3H3,(H,26,29). The van der Waals surface area contributed by atoms with Gasteiger partial charge in [0.25, 0.3) is 0 Å². The van der Waals surface area contributed by atoms with Crippen molar-refractivity contribution in [2.24, 2.45) is 0 Å². The Morgan fingerprint density at radius 3 is 2.44 bits per heavy atom. The van der Waals surface area contributed by atoms with E-state index in [-0.39, 0.29) is 17.3 Å². The van der Waals surface area contributed by atoms with Crippen LogP contribution in [0.3, 0.4) is 0 Å². The minimum atomic E-state index is -3.71. The number of carbonyl (C=O) groups excluding carboxylic acids is 1. The van der Waals surface area contributed by atoms with Gasteiger partial charge in [-0.2, -0.15) is 4.31 Å². The lowest BCUT2D eigenvalue weighted by Gasteiger charge is -2.27. The van der Waals surface area contributed by atoms with Crippen LogP contribution >= 0.6 is 0 Å². The molecular formula is C25H35N3O5S. The zero-order chi connectivity index (χ0) is 24.6. The Bertz CT molecular complexity index is 1050. The van der Waals surface area contributed by atoms with Crippen LogP contribution in [0.1, 0.15) is 31.7 Å². The molecule has 1 fully saturated rings. The Hall–Kier alpha value is -2.62. The number of aryl methyl sites for hydroxylation is 1. The highest BCUT2D eigenvalue weighted by Crippen LogP contribution is 2.31. The van der Waals surface area contributed by atoms with Crippen molar-refractivity contribution in [3.8, 4) is 11.5 Å². The summed E-state index contributed by atoms with van der Waals surface area (Å²) in [5.41, 5.74) is 1.59. The summed E-state index contributed by atoms with van der Waals surface area (Å²) in [5, 5.41) is 2.81. The second-order valence-corrected chi connectivity index (χ2v) is 10.4. The van der Waals surface area contributed by atoms with E-state index in [2.05, 4.69) is 5.32 Å². The van der Waals surface area contributed by atoms with Crippen molar-refractivity contribution in [2.75, 3.05) is 51.8 Å². The molecule has 1 aliphatic heterocycles. The van der Waals surface area contributed by atoms with Gasteiger partial charge in [0.15, 0.2) is 0 Å². The first-order valence-electron chi connectivity index (χ1n) is 11.7. The summed E-state index contributed by atoms with van der Waals surface area (Å²) in [6.07, 6.45) is 2.73. The minimum absolute atomic E-state index is 0.0916. The van der Waals surface area contributed by atoms with E-state index in [0.29, 0.717) is 44.3 Å². The van der Waals surface area contributed by atoms with Gasteiger partial charge in [0.1, 0.15) is 23.0 Å². The summed E-state index contributed by atoms with van der Waals surface area (Å²) < 4.78 is 39.3. The second kappa shape index (κ2) is 12.2. The number of amides is 1. The summed E-state index contributed by atoms with van der Waals surface area (Å²) in [6.45, 7) is 6.35. The first-order chi connectivity index (χ1) is 16.3. The summed E-state index contributed by atoms with van der Waals surface area (Å²) in [4.78, 5) is 14.5. The number of hydrogen-bond acceptors (Lipinski definition) is 6. The molecule has 9 heteroatoms. The minimum Gasteiger partial charge on any atom is -0.492 e. The molecule has 34 heavy (non-hydrogen) atoms. The Morgan fingerprint density at radius 2 is 1.76 bits per heavy atom. The number of nitrogens with one attached hydrogen (secondary N) is 1. The van der Waals surface area contributed by atoms with E-state index in [1.54, 1.807) is 12.1 Å². The third-order valence-electron chi connectivity index (χ3n) is 5.64. The van der Waals surface area contributed by atoms with Crippen LogP contribution in [-0.2, 0) is 14.8 Å². The van der Waals surface area contributed by atoms with Crippen LogP contribution in [0.2, 0.25) is 0 Å². The molecule has 1 heterocycles. The number of likely N-dealkylation sites (N-methyl/N-ethyl adjacent to an activating group) is 1. The molecule has 0 aromatic heterocycles. The maximum absolute atomic E-state index is 13.3. The topological polar surface area (TPSA) is 88.2 Å². The predicted octanol–water partition coefficient (Wildman–Crippen LogP) is 3.52. The van der Waals surface area contributed by atoms with E-state index in [9.17, 15) is 13.2 Å². The molecule has 0 aliphatic carbocycles. The Balaban J connectivity index is 1.60. The smallest absolute Gasteiger partial charge is 0.246 e. The molecule has 0 unspecified atom stereocenters. The molecule has 1 amide bonds. The third-order valence-corrected chi connectivity index (χ3v) is 7.56. The number of anilines is 1. The zero-order valence-corrected chi connectivity index (χ0v) is 21.1. The van der Waals surface area contributed by atoms with Gasteiger partial charge in [-0.25, -0.2) is 8.42 Å². The third kappa shape index (κ3) is 7.19. The molecule has 8 nitrogen and oxygen atoms in total. The average molecular weight is 490 g/mol. The molecule has 3 rings (SSSR count). The van der Waals surface area contributed by atoms with Crippen molar-refractivity contribution >= 4 is 21.6 Å². The Labute approximate surface area is 202 Å². The number of ether oxygens (including phenoxy) is 2. The van der Waals surface area contributed by atoms with Gasteiger partial charge in [-0.15, -0.1) is 0 Å². The van der Waals surface area contributed by atoms with Crippen LogP contribution in [0.4, 0.5) is 5.69 Å². The van der Waals surface area contributed by atoms with Gasteiger partial charge in [-0.05, 0) is 64.1 Å². The predicted molar refractivity (Wildman–Crippen MR) is 133 cm³/mol. The van der Waals surface area contributed by atoms with Crippen LogP contribution in [0.15, 0.2) is 47.4 Å². The fourth-order valence-electron chi connectivity index (χ4n) is 3.79. The maximum atomic E-state index is 13.3. The molecule has 0 atom stereocenters. The Kier molecular flexibility index (Phi) is 9.32. The summed E-state index contributed by atoms with van der Waals surface area (Å²) in [6, 6.07) is 12.6. The van der Waals surface area contributed by atoms with E-state index in [4.69, 9.17) is 9.47 Å². The largest absolute Gasteiger partial charge is 0.492 e. The lowest BCUT2D eigenvalue weighted by molar-refractivity contribution is -0.117.